The maximum Gasteiger partial charge on any atom is 0.267 e. The summed E-state index contributed by atoms with van der Waals surface area (Å²) in [5.41, 5.74) is 1.86. The van der Waals surface area contributed by atoms with Gasteiger partial charge in [-0.1, -0.05) is 6.07 Å². The Balaban J connectivity index is 2.03. The molecule has 126 valence electrons. The molecule has 0 fully saturated rings. The zero-order valence-electron chi connectivity index (χ0n) is 13.8. The van der Waals surface area contributed by atoms with E-state index < -0.39 is 5.91 Å². The number of hydrogen-bond donors (Lipinski definition) is 3. The lowest BCUT2D eigenvalue weighted by Crippen LogP contribution is -2.14. The smallest absolute Gasteiger partial charge is 0.267 e. The van der Waals surface area contributed by atoms with Gasteiger partial charge in [0, 0.05) is 30.2 Å². The fourth-order valence-electron chi connectivity index (χ4n) is 1.96. The number of nitrogens with zero attached hydrogens (tertiary/aromatic N) is 2. The Bertz CT molecular complexity index is 851. The molecule has 1 aromatic carbocycles. The van der Waals surface area contributed by atoms with Gasteiger partial charge < -0.3 is 16.0 Å². The van der Waals surface area contributed by atoms with Crippen LogP contribution in [-0.4, -0.2) is 16.8 Å². The summed E-state index contributed by atoms with van der Waals surface area (Å²) >= 11 is 0. The zero-order chi connectivity index (χ0) is 18.2. The highest BCUT2D eigenvalue weighted by molar-refractivity contribution is 6.06. The predicted octanol–water partition coefficient (Wildman–Crippen LogP) is 2.81. The molecular formula is C18H17N5O2. The average Bonchev–Trinajstić information content (AvgIpc) is 2.57. The van der Waals surface area contributed by atoms with E-state index in [4.69, 9.17) is 5.26 Å². The number of carbonyl (C=O) groups excluding carboxylic acids is 2. The van der Waals surface area contributed by atoms with Crippen LogP contribution in [0.5, 0.6) is 0 Å². The molecule has 0 saturated carbocycles. The number of amides is 2. The molecule has 25 heavy (non-hydrogen) atoms. The summed E-state index contributed by atoms with van der Waals surface area (Å²) in [5, 5.41) is 17.2. The topological polar surface area (TPSA) is 107 Å². The third-order valence-corrected chi connectivity index (χ3v) is 3.08. The van der Waals surface area contributed by atoms with Crippen LogP contribution in [0.3, 0.4) is 0 Å². The van der Waals surface area contributed by atoms with Crippen LogP contribution < -0.4 is 16.0 Å². The van der Waals surface area contributed by atoms with Crippen LogP contribution in [-0.2, 0) is 9.59 Å². The van der Waals surface area contributed by atoms with E-state index in [-0.39, 0.29) is 11.5 Å². The minimum Gasteiger partial charge on any atom is -0.345 e. The summed E-state index contributed by atoms with van der Waals surface area (Å²) in [7, 11) is 0. The third-order valence-electron chi connectivity index (χ3n) is 3.08. The molecule has 2 amide bonds. The van der Waals surface area contributed by atoms with Crippen LogP contribution >= 0.6 is 0 Å². The Labute approximate surface area is 145 Å². The van der Waals surface area contributed by atoms with E-state index in [9.17, 15) is 9.59 Å². The summed E-state index contributed by atoms with van der Waals surface area (Å²) in [6.07, 6.45) is 1.31. The lowest BCUT2D eigenvalue weighted by atomic mass is 10.2. The molecule has 0 aliphatic carbocycles. The number of hydrogen-bond acceptors (Lipinski definition) is 5. The molecule has 0 radical (unpaired) electrons. The van der Waals surface area contributed by atoms with Gasteiger partial charge in [0.05, 0.1) is 0 Å². The van der Waals surface area contributed by atoms with Gasteiger partial charge in [0.15, 0.2) is 0 Å². The Morgan fingerprint density at radius 1 is 1.08 bits per heavy atom. The molecule has 2 aromatic rings. The number of aromatic nitrogens is 1. The molecule has 0 bridgehead atoms. The van der Waals surface area contributed by atoms with E-state index in [0.29, 0.717) is 17.2 Å². The standard InChI is InChI=1S/C18H17N5O2/c1-12-4-3-5-17(21-12)20-11-14(10-19)18(25)23-16-8-6-15(7-9-16)22-13(2)24/h3-9,11H,1-2H3,(H,20,21)(H,22,24)(H,23,25)/b14-11-. The number of anilines is 3. The molecule has 2 rings (SSSR count). The first-order valence-electron chi connectivity index (χ1n) is 7.47. The maximum atomic E-state index is 12.2. The molecule has 7 heteroatoms. The largest absolute Gasteiger partial charge is 0.345 e. The molecule has 1 heterocycles. The fraction of sp³-hybridized carbons (Fsp3) is 0.111. The molecule has 3 N–H and O–H groups in total. The van der Waals surface area contributed by atoms with Gasteiger partial charge in [0.25, 0.3) is 5.91 Å². The minimum atomic E-state index is -0.546. The number of aryl methyl sites for hydroxylation is 1. The van der Waals surface area contributed by atoms with Crippen LogP contribution in [0.2, 0.25) is 0 Å². The predicted molar refractivity (Wildman–Crippen MR) is 95.7 cm³/mol. The first-order chi connectivity index (χ1) is 12.0. The second-order valence-electron chi connectivity index (χ2n) is 5.19. The normalized spacial score (nSPS) is 10.5. The number of pyridine rings is 1. The van der Waals surface area contributed by atoms with Crippen molar-refractivity contribution < 1.29 is 9.59 Å². The van der Waals surface area contributed by atoms with E-state index in [0.717, 1.165) is 5.69 Å². The second kappa shape index (κ2) is 8.26. The fourth-order valence-corrected chi connectivity index (χ4v) is 1.96. The van der Waals surface area contributed by atoms with Gasteiger partial charge in [-0.2, -0.15) is 5.26 Å². The Morgan fingerprint density at radius 2 is 1.72 bits per heavy atom. The third kappa shape index (κ3) is 5.48. The molecule has 7 nitrogen and oxygen atoms in total. The average molecular weight is 335 g/mol. The maximum absolute atomic E-state index is 12.2. The summed E-state index contributed by atoms with van der Waals surface area (Å²) in [5.74, 6) is -0.183. The molecule has 0 aliphatic rings. The van der Waals surface area contributed by atoms with Crippen molar-refractivity contribution in [2.24, 2.45) is 0 Å². The Morgan fingerprint density at radius 3 is 2.28 bits per heavy atom. The summed E-state index contributed by atoms with van der Waals surface area (Å²) in [4.78, 5) is 27.4. The molecule has 1 aromatic heterocycles. The minimum absolute atomic E-state index is 0.0887. The van der Waals surface area contributed by atoms with Gasteiger partial charge in [-0.15, -0.1) is 0 Å². The molecule has 0 atom stereocenters. The zero-order valence-corrected chi connectivity index (χ0v) is 13.8. The number of rotatable bonds is 5. The monoisotopic (exact) mass is 335 g/mol. The molecular weight excluding hydrogens is 318 g/mol. The van der Waals surface area contributed by atoms with Gasteiger partial charge in [-0.25, -0.2) is 4.98 Å². The SMILES string of the molecule is CC(=O)Nc1ccc(NC(=O)/C(C#N)=C\Nc2cccc(C)n2)cc1. The van der Waals surface area contributed by atoms with Crippen molar-refractivity contribution in [2.75, 3.05) is 16.0 Å². The van der Waals surface area contributed by atoms with Crippen molar-refractivity contribution in [3.05, 3.63) is 59.9 Å². The van der Waals surface area contributed by atoms with E-state index in [2.05, 4.69) is 20.9 Å². The van der Waals surface area contributed by atoms with E-state index in [1.165, 1.54) is 13.1 Å². The second-order valence-corrected chi connectivity index (χ2v) is 5.19. The molecule has 0 saturated heterocycles. The van der Waals surface area contributed by atoms with Crippen LogP contribution in [0.4, 0.5) is 17.2 Å². The first-order valence-corrected chi connectivity index (χ1v) is 7.47. The van der Waals surface area contributed by atoms with E-state index >= 15 is 0 Å². The van der Waals surface area contributed by atoms with Crippen molar-refractivity contribution in [1.82, 2.24) is 4.98 Å². The van der Waals surface area contributed by atoms with Gasteiger partial charge in [-0.3, -0.25) is 9.59 Å². The van der Waals surface area contributed by atoms with Gasteiger partial charge >= 0.3 is 0 Å². The highest BCUT2D eigenvalue weighted by Crippen LogP contribution is 2.14. The Kier molecular flexibility index (Phi) is 5.85. The summed E-state index contributed by atoms with van der Waals surface area (Å²) in [6.45, 7) is 3.26. The van der Waals surface area contributed by atoms with Crippen LogP contribution in [0.15, 0.2) is 54.2 Å². The van der Waals surface area contributed by atoms with Crippen LogP contribution in [0.1, 0.15) is 12.6 Å². The van der Waals surface area contributed by atoms with Crippen LogP contribution in [0, 0.1) is 18.3 Å². The molecule has 0 unspecified atom stereocenters. The van der Waals surface area contributed by atoms with Gasteiger partial charge in [-0.05, 0) is 43.3 Å². The Hall–Kier alpha value is -3.66. The quantitative estimate of drug-likeness (QED) is 0.575. The van der Waals surface area contributed by atoms with Crippen LogP contribution in [0.25, 0.3) is 0 Å². The lowest BCUT2D eigenvalue weighted by molar-refractivity contribution is -0.114. The summed E-state index contributed by atoms with van der Waals surface area (Å²) in [6, 6.07) is 13.8. The number of nitriles is 1. The molecule has 0 spiro atoms. The number of carbonyl (C=O) groups is 2. The first kappa shape index (κ1) is 17.7. The van der Waals surface area contributed by atoms with Crippen molar-refractivity contribution in [3.8, 4) is 6.07 Å². The highest BCUT2D eigenvalue weighted by atomic mass is 16.2. The number of nitrogens with one attached hydrogen (secondary N) is 3. The van der Waals surface area contributed by atoms with Crippen molar-refractivity contribution in [1.29, 1.82) is 5.26 Å². The molecule has 0 aliphatic heterocycles. The van der Waals surface area contributed by atoms with E-state index in [1.54, 1.807) is 30.3 Å². The van der Waals surface area contributed by atoms with Crippen molar-refractivity contribution in [3.63, 3.8) is 0 Å². The highest BCUT2D eigenvalue weighted by Gasteiger charge is 2.09. The van der Waals surface area contributed by atoms with Crippen molar-refractivity contribution >= 4 is 29.0 Å². The number of benzene rings is 1. The lowest BCUT2D eigenvalue weighted by Gasteiger charge is -2.07. The van der Waals surface area contributed by atoms with E-state index in [1.807, 2.05) is 25.1 Å². The van der Waals surface area contributed by atoms with Gasteiger partial charge in [0.1, 0.15) is 17.5 Å². The van der Waals surface area contributed by atoms with Crippen molar-refractivity contribution in [2.45, 2.75) is 13.8 Å². The van der Waals surface area contributed by atoms with Gasteiger partial charge in [0.2, 0.25) is 5.91 Å². The summed E-state index contributed by atoms with van der Waals surface area (Å²) < 4.78 is 0.